The SMILES string of the molecule is CCCS(=O)CC(NC)c1ccc(CC(C)C)cc1. The third kappa shape index (κ3) is 5.87. The molecule has 0 saturated heterocycles. The quantitative estimate of drug-likeness (QED) is 0.792. The lowest BCUT2D eigenvalue weighted by molar-refractivity contribution is 0.632. The summed E-state index contributed by atoms with van der Waals surface area (Å²) in [7, 11) is 1.21. The molecule has 0 aliphatic heterocycles. The molecule has 1 rings (SSSR count). The lowest BCUT2D eigenvalue weighted by atomic mass is 10.00. The molecule has 3 heteroatoms. The van der Waals surface area contributed by atoms with Crippen molar-refractivity contribution in [1.29, 1.82) is 0 Å². The van der Waals surface area contributed by atoms with Crippen LogP contribution in [0, 0.1) is 5.92 Å². The molecule has 0 bridgehead atoms. The van der Waals surface area contributed by atoms with Gasteiger partial charge >= 0.3 is 0 Å². The lowest BCUT2D eigenvalue weighted by Crippen LogP contribution is -2.23. The molecule has 19 heavy (non-hydrogen) atoms. The van der Waals surface area contributed by atoms with Gasteiger partial charge in [0.05, 0.1) is 0 Å². The van der Waals surface area contributed by atoms with Crippen molar-refractivity contribution in [2.45, 2.75) is 39.7 Å². The highest BCUT2D eigenvalue weighted by atomic mass is 32.2. The largest absolute Gasteiger partial charge is 0.312 e. The minimum absolute atomic E-state index is 0.195. The first-order chi connectivity index (χ1) is 9.06. The van der Waals surface area contributed by atoms with Gasteiger partial charge in [-0.3, -0.25) is 4.21 Å². The van der Waals surface area contributed by atoms with Crippen LogP contribution < -0.4 is 5.32 Å². The van der Waals surface area contributed by atoms with Crippen LogP contribution >= 0.6 is 0 Å². The van der Waals surface area contributed by atoms with Crippen LogP contribution in [0.3, 0.4) is 0 Å². The Morgan fingerprint density at radius 3 is 2.32 bits per heavy atom. The van der Waals surface area contributed by atoms with Gasteiger partial charge in [-0.25, -0.2) is 0 Å². The Balaban J connectivity index is 2.68. The van der Waals surface area contributed by atoms with Crippen LogP contribution in [0.1, 0.15) is 44.4 Å². The van der Waals surface area contributed by atoms with Gasteiger partial charge in [0, 0.05) is 28.3 Å². The van der Waals surface area contributed by atoms with Gasteiger partial charge in [0.25, 0.3) is 0 Å². The van der Waals surface area contributed by atoms with Crippen molar-refractivity contribution in [3.05, 3.63) is 35.4 Å². The molecule has 0 heterocycles. The third-order valence-corrected chi connectivity index (χ3v) is 4.73. The first-order valence-electron chi connectivity index (χ1n) is 7.17. The topological polar surface area (TPSA) is 29.1 Å². The molecule has 108 valence electrons. The van der Waals surface area contributed by atoms with E-state index in [1.54, 1.807) is 0 Å². The van der Waals surface area contributed by atoms with Crippen LogP contribution in [0.25, 0.3) is 0 Å². The van der Waals surface area contributed by atoms with E-state index >= 15 is 0 Å². The molecule has 2 nitrogen and oxygen atoms in total. The number of nitrogens with one attached hydrogen (secondary N) is 1. The molecule has 0 aromatic heterocycles. The van der Waals surface area contributed by atoms with Crippen molar-refractivity contribution in [2.24, 2.45) is 5.92 Å². The van der Waals surface area contributed by atoms with E-state index in [4.69, 9.17) is 0 Å². The van der Waals surface area contributed by atoms with Crippen molar-refractivity contribution >= 4 is 10.8 Å². The van der Waals surface area contributed by atoms with Crippen molar-refractivity contribution in [1.82, 2.24) is 5.32 Å². The van der Waals surface area contributed by atoms with E-state index in [1.807, 2.05) is 7.05 Å². The summed E-state index contributed by atoms with van der Waals surface area (Å²) in [4.78, 5) is 0. The first kappa shape index (κ1) is 16.4. The smallest absolute Gasteiger partial charge is 0.0434 e. The Bertz CT molecular complexity index is 386. The van der Waals surface area contributed by atoms with Gasteiger partial charge < -0.3 is 5.32 Å². The molecule has 2 unspecified atom stereocenters. The monoisotopic (exact) mass is 281 g/mol. The zero-order valence-electron chi connectivity index (χ0n) is 12.6. The summed E-state index contributed by atoms with van der Waals surface area (Å²) in [5.41, 5.74) is 2.61. The van der Waals surface area contributed by atoms with E-state index in [-0.39, 0.29) is 6.04 Å². The minimum Gasteiger partial charge on any atom is -0.312 e. The van der Waals surface area contributed by atoms with E-state index in [9.17, 15) is 4.21 Å². The van der Waals surface area contributed by atoms with E-state index in [0.29, 0.717) is 11.7 Å². The second-order valence-electron chi connectivity index (χ2n) is 5.49. The molecule has 0 radical (unpaired) electrons. The number of benzene rings is 1. The Morgan fingerprint density at radius 1 is 1.21 bits per heavy atom. The standard InChI is InChI=1S/C16H27NOS/c1-5-10-19(18)12-16(17-4)15-8-6-14(7-9-15)11-13(2)3/h6-9,13,16-17H,5,10-12H2,1-4H3. The summed E-state index contributed by atoms with van der Waals surface area (Å²) in [6.45, 7) is 6.55. The Hall–Kier alpha value is -0.670. The summed E-state index contributed by atoms with van der Waals surface area (Å²) in [5, 5.41) is 3.27. The van der Waals surface area contributed by atoms with Crippen molar-refractivity contribution < 1.29 is 4.21 Å². The van der Waals surface area contributed by atoms with Gasteiger partial charge in [0.2, 0.25) is 0 Å². The molecule has 1 N–H and O–H groups in total. The summed E-state index contributed by atoms with van der Waals surface area (Å²) >= 11 is 0. The van der Waals surface area contributed by atoms with Gasteiger partial charge in [-0.15, -0.1) is 0 Å². The molecule has 0 amide bonds. The average molecular weight is 281 g/mol. The van der Waals surface area contributed by atoms with Gasteiger partial charge in [0.15, 0.2) is 0 Å². The minimum atomic E-state index is -0.727. The molecule has 0 saturated carbocycles. The maximum atomic E-state index is 11.9. The first-order valence-corrected chi connectivity index (χ1v) is 8.66. The molecule has 0 spiro atoms. The van der Waals surface area contributed by atoms with Crippen LogP contribution in [-0.2, 0) is 17.2 Å². The molecule has 0 fully saturated rings. The molecule has 1 aromatic rings. The fraction of sp³-hybridized carbons (Fsp3) is 0.625. The Kier molecular flexibility index (Phi) is 7.32. The van der Waals surface area contributed by atoms with E-state index in [2.05, 4.69) is 50.4 Å². The molecular weight excluding hydrogens is 254 g/mol. The highest BCUT2D eigenvalue weighted by Crippen LogP contribution is 2.17. The number of hydrogen-bond acceptors (Lipinski definition) is 2. The zero-order valence-corrected chi connectivity index (χ0v) is 13.4. The second kappa shape index (κ2) is 8.49. The third-order valence-electron chi connectivity index (χ3n) is 3.16. The predicted octanol–water partition coefficient (Wildman–Crippen LogP) is 3.30. The highest BCUT2D eigenvalue weighted by Gasteiger charge is 2.12. The van der Waals surface area contributed by atoms with Crippen LogP contribution in [0.15, 0.2) is 24.3 Å². The zero-order chi connectivity index (χ0) is 14.3. The molecular formula is C16H27NOS. The molecule has 0 aliphatic carbocycles. The summed E-state index contributed by atoms with van der Waals surface area (Å²) in [6, 6.07) is 8.93. The number of hydrogen-bond donors (Lipinski definition) is 1. The lowest BCUT2D eigenvalue weighted by Gasteiger charge is -2.17. The average Bonchev–Trinajstić information content (AvgIpc) is 2.37. The second-order valence-corrected chi connectivity index (χ2v) is 7.11. The fourth-order valence-corrected chi connectivity index (χ4v) is 3.55. The summed E-state index contributed by atoms with van der Waals surface area (Å²) < 4.78 is 11.9. The van der Waals surface area contributed by atoms with Crippen LogP contribution in [0.2, 0.25) is 0 Å². The normalized spacial score (nSPS) is 14.6. The number of rotatable bonds is 8. The predicted molar refractivity (Wildman–Crippen MR) is 85.0 cm³/mol. The van der Waals surface area contributed by atoms with Crippen LogP contribution in [0.5, 0.6) is 0 Å². The fourth-order valence-electron chi connectivity index (χ4n) is 2.20. The Morgan fingerprint density at radius 2 is 1.84 bits per heavy atom. The van der Waals surface area contributed by atoms with Gasteiger partial charge in [-0.1, -0.05) is 45.0 Å². The van der Waals surface area contributed by atoms with Crippen LogP contribution in [-0.4, -0.2) is 22.8 Å². The van der Waals surface area contributed by atoms with Gasteiger partial charge in [-0.05, 0) is 36.9 Å². The van der Waals surface area contributed by atoms with Crippen molar-refractivity contribution in [2.75, 3.05) is 18.6 Å². The molecule has 2 atom stereocenters. The van der Waals surface area contributed by atoms with Crippen molar-refractivity contribution in [3.8, 4) is 0 Å². The Labute approximate surface area is 120 Å². The van der Waals surface area contributed by atoms with E-state index in [1.165, 1.54) is 11.1 Å². The van der Waals surface area contributed by atoms with E-state index in [0.717, 1.165) is 18.6 Å². The maximum absolute atomic E-state index is 11.9. The van der Waals surface area contributed by atoms with Crippen LogP contribution in [0.4, 0.5) is 0 Å². The highest BCUT2D eigenvalue weighted by molar-refractivity contribution is 7.85. The van der Waals surface area contributed by atoms with Crippen molar-refractivity contribution in [3.63, 3.8) is 0 Å². The van der Waals surface area contributed by atoms with Gasteiger partial charge in [0.1, 0.15) is 0 Å². The summed E-state index contributed by atoms with van der Waals surface area (Å²) in [6.07, 6.45) is 2.10. The summed E-state index contributed by atoms with van der Waals surface area (Å²) in [5.74, 6) is 2.18. The molecule has 1 aromatic carbocycles. The molecule has 0 aliphatic rings. The van der Waals surface area contributed by atoms with E-state index < -0.39 is 10.8 Å². The van der Waals surface area contributed by atoms with Gasteiger partial charge in [-0.2, -0.15) is 0 Å². The maximum Gasteiger partial charge on any atom is 0.0434 e.